The fourth-order valence-electron chi connectivity index (χ4n) is 2.16. The molecular formula is C19H21BrO3. The van der Waals surface area contributed by atoms with Gasteiger partial charge >= 0.3 is 5.97 Å². The molecule has 2 aromatic rings. The molecule has 0 radical (unpaired) electrons. The quantitative estimate of drug-likeness (QED) is 0.523. The van der Waals surface area contributed by atoms with Gasteiger partial charge in [0.05, 0.1) is 16.6 Å². The third kappa shape index (κ3) is 5.10. The van der Waals surface area contributed by atoms with E-state index in [-0.39, 0.29) is 5.97 Å². The van der Waals surface area contributed by atoms with E-state index < -0.39 is 0 Å². The summed E-state index contributed by atoms with van der Waals surface area (Å²) in [6.45, 7) is 8.75. The van der Waals surface area contributed by atoms with Crippen molar-refractivity contribution in [2.24, 2.45) is 5.92 Å². The van der Waals surface area contributed by atoms with Crippen LogP contribution in [0.5, 0.6) is 11.5 Å². The van der Waals surface area contributed by atoms with Gasteiger partial charge < -0.3 is 9.47 Å². The van der Waals surface area contributed by atoms with Crippen LogP contribution in [-0.4, -0.2) is 12.6 Å². The Bertz CT molecular complexity index is 688. The van der Waals surface area contributed by atoms with E-state index in [9.17, 15) is 4.79 Å². The van der Waals surface area contributed by atoms with Crippen LogP contribution in [0.4, 0.5) is 0 Å². The third-order valence-corrected chi connectivity index (χ3v) is 3.77. The standard InChI is InChI=1S/C19H21BrO3/c1-12(2)11-22-18-6-5-15(10-17(18)20)19(21)23-16-8-13(3)7-14(4)9-16/h5-10,12H,11H2,1-4H3. The van der Waals surface area contributed by atoms with Gasteiger partial charge in [0.1, 0.15) is 11.5 Å². The predicted octanol–water partition coefficient (Wildman–Crippen LogP) is 5.32. The highest BCUT2D eigenvalue weighted by molar-refractivity contribution is 9.10. The van der Waals surface area contributed by atoms with E-state index in [1.807, 2.05) is 32.0 Å². The van der Waals surface area contributed by atoms with Gasteiger partial charge in [-0.3, -0.25) is 0 Å². The van der Waals surface area contributed by atoms with Crippen LogP contribution in [0, 0.1) is 19.8 Å². The van der Waals surface area contributed by atoms with Crippen LogP contribution in [0.3, 0.4) is 0 Å². The lowest BCUT2D eigenvalue weighted by atomic mass is 10.1. The lowest BCUT2D eigenvalue weighted by molar-refractivity contribution is 0.0734. The molecule has 2 rings (SSSR count). The molecule has 0 amide bonds. The topological polar surface area (TPSA) is 35.5 Å². The van der Waals surface area contributed by atoms with Crippen molar-refractivity contribution in [1.82, 2.24) is 0 Å². The lowest BCUT2D eigenvalue weighted by Gasteiger charge is -2.11. The third-order valence-electron chi connectivity index (χ3n) is 3.15. The molecule has 0 spiro atoms. The Morgan fingerprint density at radius 2 is 1.74 bits per heavy atom. The SMILES string of the molecule is Cc1cc(C)cc(OC(=O)c2ccc(OCC(C)C)c(Br)c2)c1. The van der Waals surface area contributed by atoms with E-state index in [0.29, 0.717) is 23.8 Å². The second-order valence-electron chi connectivity index (χ2n) is 6.06. The molecule has 0 fully saturated rings. The Morgan fingerprint density at radius 1 is 1.09 bits per heavy atom. The maximum atomic E-state index is 12.3. The lowest BCUT2D eigenvalue weighted by Crippen LogP contribution is -2.09. The molecule has 0 aliphatic heterocycles. The summed E-state index contributed by atoms with van der Waals surface area (Å²) in [6, 6.07) is 10.9. The predicted molar refractivity (Wildman–Crippen MR) is 95.3 cm³/mol. The first-order valence-electron chi connectivity index (χ1n) is 7.58. The zero-order valence-corrected chi connectivity index (χ0v) is 15.4. The smallest absolute Gasteiger partial charge is 0.343 e. The van der Waals surface area contributed by atoms with Gasteiger partial charge in [-0.05, 0) is 77.2 Å². The number of ether oxygens (including phenoxy) is 2. The van der Waals surface area contributed by atoms with E-state index in [2.05, 4.69) is 29.8 Å². The number of hydrogen-bond acceptors (Lipinski definition) is 3. The first kappa shape index (κ1) is 17.5. The van der Waals surface area contributed by atoms with Gasteiger partial charge in [0, 0.05) is 0 Å². The zero-order chi connectivity index (χ0) is 17.0. The number of halogens is 1. The maximum Gasteiger partial charge on any atom is 0.343 e. The number of esters is 1. The Morgan fingerprint density at radius 3 is 2.30 bits per heavy atom. The largest absolute Gasteiger partial charge is 0.492 e. The second kappa shape index (κ2) is 7.64. The van der Waals surface area contributed by atoms with Crippen molar-refractivity contribution in [3.8, 4) is 11.5 Å². The van der Waals surface area contributed by atoms with E-state index in [1.165, 1.54) is 0 Å². The molecule has 0 saturated carbocycles. The molecule has 0 bridgehead atoms. The molecule has 0 N–H and O–H groups in total. The normalized spacial score (nSPS) is 10.7. The van der Waals surface area contributed by atoms with Crippen LogP contribution in [0.25, 0.3) is 0 Å². The molecule has 4 heteroatoms. The molecule has 2 aromatic carbocycles. The molecule has 0 unspecified atom stereocenters. The number of benzene rings is 2. The Labute approximate surface area is 145 Å². The number of carbonyl (C=O) groups is 1. The van der Waals surface area contributed by atoms with Crippen LogP contribution in [-0.2, 0) is 0 Å². The van der Waals surface area contributed by atoms with E-state index in [0.717, 1.165) is 21.3 Å². The molecular weight excluding hydrogens is 356 g/mol. The summed E-state index contributed by atoms with van der Waals surface area (Å²) >= 11 is 3.44. The zero-order valence-electron chi connectivity index (χ0n) is 13.9. The van der Waals surface area contributed by atoms with Gasteiger partial charge in [0.15, 0.2) is 0 Å². The van der Waals surface area contributed by atoms with Gasteiger partial charge in [0.2, 0.25) is 0 Å². The van der Waals surface area contributed by atoms with Gasteiger partial charge in [-0.1, -0.05) is 19.9 Å². The Balaban J connectivity index is 2.12. The average Bonchev–Trinajstić information content (AvgIpc) is 2.44. The minimum Gasteiger partial charge on any atom is -0.492 e. The number of aryl methyl sites for hydroxylation is 2. The van der Waals surface area contributed by atoms with Crippen molar-refractivity contribution >= 4 is 21.9 Å². The minimum absolute atomic E-state index is 0.383. The summed E-state index contributed by atoms with van der Waals surface area (Å²) in [5.41, 5.74) is 2.60. The summed E-state index contributed by atoms with van der Waals surface area (Å²) in [6.07, 6.45) is 0. The molecule has 23 heavy (non-hydrogen) atoms. The molecule has 3 nitrogen and oxygen atoms in total. The van der Waals surface area contributed by atoms with Gasteiger partial charge in [-0.2, -0.15) is 0 Å². The molecule has 0 atom stereocenters. The van der Waals surface area contributed by atoms with Crippen molar-refractivity contribution in [3.63, 3.8) is 0 Å². The highest BCUT2D eigenvalue weighted by Crippen LogP contribution is 2.27. The van der Waals surface area contributed by atoms with Crippen molar-refractivity contribution < 1.29 is 14.3 Å². The van der Waals surface area contributed by atoms with Crippen molar-refractivity contribution in [2.75, 3.05) is 6.61 Å². The first-order chi connectivity index (χ1) is 10.8. The van der Waals surface area contributed by atoms with Crippen LogP contribution in [0.2, 0.25) is 0 Å². The van der Waals surface area contributed by atoms with Gasteiger partial charge in [-0.25, -0.2) is 4.79 Å². The average molecular weight is 377 g/mol. The molecule has 0 heterocycles. The van der Waals surface area contributed by atoms with Crippen LogP contribution < -0.4 is 9.47 Å². The highest BCUT2D eigenvalue weighted by atomic mass is 79.9. The Kier molecular flexibility index (Phi) is 5.83. The number of carbonyl (C=O) groups excluding carboxylic acids is 1. The van der Waals surface area contributed by atoms with Crippen molar-refractivity contribution in [3.05, 3.63) is 57.6 Å². The summed E-state index contributed by atoms with van der Waals surface area (Å²) in [4.78, 5) is 12.3. The molecule has 122 valence electrons. The van der Waals surface area contributed by atoms with Crippen LogP contribution in [0.1, 0.15) is 35.3 Å². The summed E-state index contributed by atoms with van der Waals surface area (Å²) in [5.74, 6) is 1.34. The summed E-state index contributed by atoms with van der Waals surface area (Å²) in [5, 5.41) is 0. The van der Waals surface area contributed by atoms with Crippen LogP contribution in [0.15, 0.2) is 40.9 Å². The summed E-state index contributed by atoms with van der Waals surface area (Å²) in [7, 11) is 0. The second-order valence-corrected chi connectivity index (χ2v) is 6.92. The van der Waals surface area contributed by atoms with Gasteiger partial charge in [0.25, 0.3) is 0 Å². The highest BCUT2D eigenvalue weighted by Gasteiger charge is 2.12. The number of hydrogen-bond donors (Lipinski definition) is 0. The maximum absolute atomic E-state index is 12.3. The van der Waals surface area contributed by atoms with E-state index in [1.54, 1.807) is 18.2 Å². The van der Waals surface area contributed by atoms with Crippen molar-refractivity contribution in [2.45, 2.75) is 27.7 Å². The summed E-state index contributed by atoms with van der Waals surface area (Å²) < 4.78 is 11.9. The van der Waals surface area contributed by atoms with Gasteiger partial charge in [-0.15, -0.1) is 0 Å². The Hall–Kier alpha value is -1.81. The molecule has 0 aliphatic rings. The monoisotopic (exact) mass is 376 g/mol. The molecule has 0 aliphatic carbocycles. The first-order valence-corrected chi connectivity index (χ1v) is 8.37. The fourth-order valence-corrected chi connectivity index (χ4v) is 2.65. The molecule has 0 aromatic heterocycles. The van der Waals surface area contributed by atoms with E-state index >= 15 is 0 Å². The molecule has 0 saturated heterocycles. The fraction of sp³-hybridized carbons (Fsp3) is 0.316. The van der Waals surface area contributed by atoms with E-state index in [4.69, 9.17) is 9.47 Å². The number of rotatable bonds is 5. The minimum atomic E-state index is -0.383. The van der Waals surface area contributed by atoms with Crippen molar-refractivity contribution in [1.29, 1.82) is 0 Å². The van der Waals surface area contributed by atoms with Crippen LogP contribution >= 0.6 is 15.9 Å².